The van der Waals surface area contributed by atoms with E-state index in [0.29, 0.717) is 36.6 Å². The van der Waals surface area contributed by atoms with Crippen molar-refractivity contribution in [2.24, 2.45) is 0 Å². The van der Waals surface area contributed by atoms with Crippen molar-refractivity contribution >= 4 is 17.0 Å². The van der Waals surface area contributed by atoms with E-state index in [1.54, 1.807) is 30.6 Å². The highest BCUT2D eigenvalue weighted by Crippen LogP contribution is 2.35. The Balaban J connectivity index is 1.32. The number of rotatable bonds is 6. The van der Waals surface area contributed by atoms with Crippen LogP contribution in [-0.4, -0.2) is 62.3 Å². The molecule has 1 N–H and O–H groups in total. The summed E-state index contributed by atoms with van der Waals surface area (Å²) in [6, 6.07) is 12.8. The van der Waals surface area contributed by atoms with Crippen molar-refractivity contribution in [2.75, 3.05) is 24.6 Å². The Bertz CT molecular complexity index is 1450. The molecule has 2 aliphatic rings. The minimum atomic E-state index is -0.413. The van der Waals surface area contributed by atoms with Gasteiger partial charge < -0.3 is 14.2 Å². The quantitative estimate of drug-likeness (QED) is 0.398. The highest BCUT2D eigenvalue weighted by molar-refractivity contribution is 5.83. The Labute approximate surface area is 225 Å². The van der Waals surface area contributed by atoms with Gasteiger partial charge in [0.05, 0.1) is 25.0 Å². The minimum Gasteiger partial charge on any atom is -0.376 e. The molecule has 204 valence electrons. The molecule has 2 fully saturated rings. The molecule has 10 heteroatoms. The summed E-state index contributed by atoms with van der Waals surface area (Å²) in [6.45, 7) is 6.86. The van der Waals surface area contributed by atoms with Gasteiger partial charge in [-0.1, -0.05) is 24.3 Å². The summed E-state index contributed by atoms with van der Waals surface area (Å²) in [7, 11) is 0. The first kappa shape index (κ1) is 25.6. The van der Waals surface area contributed by atoms with Crippen molar-refractivity contribution in [3.8, 4) is 0 Å². The average Bonchev–Trinajstić information content (AvgIpc) is 3.58. The maximum absolute atomic E-state index is 13.8. The van der Waals surface area contributed by atoms with Gasteiger partial charge in [0, 0.05) is 31.8 Å². The van der Waals surface area contributed by atoms with Gasteiger partial charge in [-0.3, -0.25) is 9.88 Å². The van der Waals surface area contributed by atoms with Gasteiger partial charge in [-0.2, -0.15) is 4.98 Å². The number of anilines is 1. The molecule has 0 saturated carbocycles. The number of H-pyrrole nitrogens is 1. The van der Waals surface area contributed by atoms with Gasteiger partial charge in [-0.25, -0.2) is 18.6 Å². The van der Waals surface area contributed by atoms with E-state index in [2.05, 4.69) is 38.6 Å². The van der Waals surface area contributed by atoms with Gasteiger partial charge in [-0.15, -0.1) is 0 Å². The van der Waals surface area contributed by atoms with Crippen LogP contribution in [0.25, 0.3) is 11.2 Å². The van der Waals surface area contributed by atoms with Crippen molar-refractivity contribution in [1.82, 2.24) is 24.4 Å². The molecule has 0 amide bonds. The molecule has 6 rings (SSSR count). The summed E-state index contributed by atoms with van der Waals surface area (Å²) >= 11 is 0. The molecular weight excluding hydrogens is 502 g/mol. The zero-order valence-electron chi connectivity index (χ0n) is 22.1. The molecule has 2 aliphatic heterocycles. The van der Waals surface area contributed by atoms with Crippen LogP contribution < -0.4 is 10.6 Å². The number of ether oxygens (including phenoxy) is 1. The Hall–Kier alpha value is -3.63. The predicted octanol–water partition coefficient (Wildman–Crippen LogP) is 4.27. The number of hydrogen-bond acceptors (Lipinski definition) is 6. The van der Waals surface area contributed by atoms with E-state index in [1.165, 1.54) is 24.3 Å². The summed E-state index contributed by atoms with van der Waals surface area (Å²) in [6.07, 6.45) is 3.88. The SMILES string of the molecule is C[C@@H]1CN(c2nc(=O)[nH]c3c2ncn3C[C@@H]2CCCO2)[C@@H](C)CN1C(c1ccc(F)cc1)c1ccc(F)cc1. The first-order chi connectivity index (χ1) is 18.9. The number of nitrogens with zero attached hydrogens (tertiary/aromatic N) is 5. The predicted molar refractivity (Wildman–Crippen MR) is 145 cm³/mol. The molecule has 4 aromatic rings. The van der Waals surface area contributed by atoms with Crippen LogP contribution in [0.15, 0.2) is 59.7 Å². The first-order valence-corrected chi connectivity index (χ1v) is 13.5. The number of aromatic amines is 1. The first-order valence-electron chi connectivity index (χ1n) is 13.5. The van der Waals surface area contributed by atoms with Gasteiger partial charge >= 0.3 is 5.69 Å². The number of aromatic nitrogens is 4. The van der Waals surface area contributed by atoms with Gasteiger partial charge in [0.2, 0.25) is 0 Å². The van der Waals surface area contributed by atoms with Crippen LogP contribution in [0.4, 0.5) is 14.6 Å². The molecule has 39 heavy (non-hydrogen) atoms. The molecular formula is C29H32F2N6O2. The molecule has 2 aromatic carbocycles. The largest absolute Gasteiger partial charge is 0.376 e. The van der Waals surface area contributed by atoms with Crippen molar-refractivity contribution < 1.29 is 13.5 Å². The molecule has 2 aromatic heterocycles. The molecule has 0 unspecified atom stereocenters. The van der Waals surface area contributed by atoms with E-state index < -0.39 is 5.69 Å². The van der Waals surface area contributed by atoms with E-state index in [1.807, 2.05) is 4.57 Å². The summed E-state index contributed by atoms with van der Waals surface area (Å²) in [5, 5.41) is 0. The normalized spacial score (nSPS) is 22.3. The topological polar surface area (TPSA) is 79.3 Å². The lowest BCUT2D eigenvalue weighted by Gasteiger charge is -2.48. The fourth-order valence-corrected chi connectivity index (χ4v) is 5.98. The smallest absolute Gasteiger partial charge is 0.348 e. The Morgan fingerprint density at radius 1 is 1.00 bits per heavy atom. The fourth-order valence-electron chi connectivity index (χ4n) is 5.98. The van der Waals surface area contributed by atoms with Crippen LogP contribution in [0.3, 0.4) is 0 Å². The van der Waals surface area contributed by atoms with Gasteiger partial charge in [-0.05, 0) is 62.1 Å². The number of halogens is 2. The lowest BCUT2D eigenvalue weighted by Crippen LogP contribution is -2.58. The zero-order chi connectivity index (χ0) is 27.1. The van der Waals surface area contributed by atoms with Crippen LogP contribution in [0, 0.1) is 11.6 Å². The summed E-state index contributed by atoms with van der Waals surface area (Å²) in [4.78, 5) is 29.1. The molecule has 2 saturated heterocycles. The summed E-state index contributed by atoms with van der Waals surface area (Å²) < 4.78 is 35.3. The molecule has 8 nitrogen and oxygen atoms in total. The van der Waals surface area contributed by atoms with Crippen molar-refractivity contribution in [3.05, 3.63) is 88.1 Å². The maximum atomic E-state index is 13.8. The number of imidazole rings is 1. The Kier molecular flexibility index (Phi) is 6.90. The lowest BCUT2D eigenvalue weighted by molar-refractivity contribution is 0.0977. The van der Waals surface area contributed by atoms with Gasteiger partial charge in [0.15, 0.2) is 5.82 Å². The molecule has 0 aliphatic carbocycles. The Morgan fingerprint density at radius 2 is 1.67 bits per heavy atom. The van der Waals surface area contributed by atoms with Crippen LogP contribution in [-0.2, 0) is 11.3 Å². The number of hydrogen-bond donors (Lipinski definition) is 1. The standard InChI is InChI=1S/C29H32F2N6O2/c1-18-15-37(28-25-27(33-29(38)34-28)35(17-32-25)16-24-4-3-13-39-24)19(2)14-36(18)26(20-5-9-22(30)10-6-20)21-7-11-23(31)12-8-21/h5-12,17-19,24,26H,3-4,13-16H2,1-2H3,(H,33,34,38)/t18-,19+,24+/m1/s1. The third kappa shape index (κ3) is 5.06. The monoisotopic (exact) mass is 534 g/mol. The van der Waals surface area contributed by atoms with Gasteiger partial charge in [0.1, 0.15) is 22.8 Å². The molecule has 0 bridgehead atoms. The van der Waals surface area contributed by atoms with Crippen LogP contribution in [0.1, 0.15) is 43.9 Å². The minimum absolute atomic E-state index is 0.00888. The Morgan fingerprint density at radius 3 is 2.28 bits per heavy atom. The highest BCUT2D eigenvalue weighted by atomic mass is 19.1. The number of fused-ring (bicyclic) bond motifs is 1. The molecule has 3 atom stereocenters. The second kappa shape index (κ2) is 10.5. The van der Waals surface area contributed by atoms with Crippen LogP contribution in [0.5, 0.6) is 0 Å². The van der Waals surface area contributed by atoms with Crippen molar-refractivity contribution in [2.45, 2.75) is 57.5 Å². The zero-order valence-corrected chi connectivity index (χ0v) is 22.1. The van der Waals surface area contributed by atoms with E-state index >= 15 is 0 Å². The number of nitrogens with one attached hydrogen (secondary N) is 1. The van der Waals surface area contributed by atoms with Crippen molar-refractivity contribution in [1.29, 1.82) is 0 Å². The van der Waals surface area contributed by atoms with Crippen molar-refractivity contribution in [3.63, 3.8) is 0 Å². The molecule has 0 spiro atoms. The van der Waals surface area contributed by atoms with Crippen LogP contribution >= 0.6 is 0 Å². The van der Waals surface area contributed by atoms with E-state index in [4.69, 9.17) is 4.74 Å². The van der Waals surface area contributed by atoms with E-state index in [-0.39, 0.29) is 35.9 Å². The third-order valence-electron chi connectivity index (χ3n) is 7.92. The van der Waals surface area contributed by atoms with E-state index in [0.717, 1.165) is 30.6 Å². The summed E-state index contributed by atoms with van der Waals surface area (Å²) in [5.41, 5.74) is 2.76. The molecule has 0 radical (unpaired) electrons. The lowest BCUT2D eigenvalue weighted by atomic mass is 9.93. The third-order valence-corrected chi connectivity index (χ3v) is 7.92. The highest BCUT2D eigenvalue weighted by Gasteiger charge is 2.36. The van der Waals surface area contributed by atoms with Crippen LogP contribution in [0.2, 0.25) is 0 Å². The number of piperazine rings is 1. The average molecular weight is 535 g/mol. The maximum Gasteiger partial charge on any atom is 0.348 e. The number of benzene rings is 2. The van der Waals surface area contributed by atoms with E-state index in [9.17, 15) is 13.6 Å². The molecule has 4 heterocycles. The fraction of sp³-hybridized carbons (Fsp3) is 0.414. The second-order valence-corrected chi connectivity index (χ2v) is 10.6. The second-order valence-electron chi connectivity index (χ2n) is 10.6. The summed E-state index contributed by atoms with van der Waals surface area (Å²) in [5.74, 6) is -0.0312. The van der Waals surface area contributed by atoms with Gasteiger partial charge in [0.25, 0.3) is 0 Å².